The van der Waals surface area contributed by atoms with E-state index in [0.29, 0.717) is 27.4 Å². The van der Waals surface area contributed by atoms with E-state index in [4.69, 9.17) is 4.74 Å². The first kappa shape index (κ1) is 21.8. The summed E-state index contributed by atoms with van der Waals surface area (Å²) in [5.41, 5.74) is 0.520. The molecule has 2 atom stereocenters. The molecular formula is C19H22N6O3S2. The minimum absolute atomic E-state index is 0.166. The lowest BCUT2D eigenvalue weighted by molar-refractivity contribution is -0.115. The van der Waals surface area contributed by atoms with Gasteiger partial charge in [0.05, 0.1) is 18.4 Å². The molecule has 9 nitrogen and oxygen atoms in total. The number of thiazole rings is 1. The van der Waals surface area contributed by atoms with Crippen LogP contribution in [0.15, 0.2) is 41.0 Å². The van der Waals surface area contributed by atoms with Crippen LogP contribution in [0.4, 0.5) is 5.13 Å². The van der Waals surface area contributed by atoms with Crippen LogP contribution < -0.4 is 15.4 Å². The summed E-state index contributed by atoms with van der Waals surface area (Å²) in [6, 6.07) is 6.48. The average Bonchev–Trinajstić information content (AvgIpc) is 3.38. The summed E-state index contributed by atoms with van der Waals surface area (Å²) in [6.07, 6.45) is 1.63. The third-order valence-electron chi connectivity index (χ3n) is 4.27. The number of carbonyl (C=O) groups excluding carboxylic acids is 2. The number of anilines is 1. The summed E-state index contributed by atoms with van der Waals surface area (Å²) >= 11 is 2.64. The molecule has 1 aromatic carbocycles. The molecule has 0 spiro atoms. The van der Waals surface area contributed by atoms with Gasteiger partial charge in [-0.25, -0.2) is 4.98 Å². The van der Waals surface area contributed by atoms with Gasteiger partial charge in [-0.2, -0.15) is 0 Å². The van der Waals surface area contributed by atoms with Gasteiger partial charge in [0, 0.05) is 24.2 Å². The van der Waals surface area contributed by atoms with E-state index in [1.54, 1.807) is 61.5 Å². The number of nitrogens with zero attached hydrogens (tertiary/aromatic N) is 4. The Morgan fingerprint density at radius 1 is 1.20 bits per heavy atom. The SMILES string of the molecule is COc1ccc(C(=O)N[C@@H](C)c2nnc(S[C@H](C)C(=O)Nc3nccs3)n2C)cc1. The lowest BCUT2D eigenvalue weighted by Gasteiger charge is -2.14. The molecule has 0 unspecified atom stereocenters. The smallest absolute Gasteiger partial charge is 0.251 e. The highest BCUT2D eigenvalue weighted by Crippen LogP contribution is 2.25. The fraction of sp³-hybridized carbons (Fsp3) is 0.316. The van der Waals surface area contributed by atoms with Crippen LogP contribution in [0.25, 0.3) is 0 Å². The number of nitrogens with one attached hydrogen (secondary N) is 2. The van der Waals surface area contributed by atoms with Crippen LogP contribution in [0.5, 0.6) is 5.75 Å². The Labute approximate surface area is 182 Å². The van der Waals surface area contributed by atoms with Gasteiger partial charge >= 0.3 is 0 Å². The van der Waals surface area contributed by atoms with Crippen molar-refractivity contribution in [2.75, 3.05) is 12.4 Å². The molecule has 0 bridgehead atoms. The minimum Gasteiger partial charge on any atom is -0.497 e. The number of benzene rings is 1. The maximum atomic E-state index is 12.5. The first-order valence-corrected chi connectivity index (χ1v) is 10.9. The molecule has 2 amide bonds. The van der Waals surface area contributed by atoms with E-state index in [-0.39, 0.29) is 17.9 Å². The van der Waals surface area contributed by atoms with Gasteiger partial charge in [-0.1, -0.05) is 11.8 Å². The minimum atomic E-state index is -0.395. The number of carbonyl (C=O) groups is 2. The van der Waals surface area contributed by atoms with Gasteiger partial charge in [0.15, 0.2) is 16.1 Å². The second-order valence-electron chi connectivity index (χ2n) is 6.41. The number of amides is 2. The third-order valence-corrected chi connectivity index (χ3v) is 6.09. The van der Waals surface area contributed by atoms with Crippen molar-refractivity contribution in [2.45, 2.75) is 30.3 Å². The molecule has 0 saturated heterocycles. The van der Waals surface area contributed by atoms with Gasteiger partial charge in [-0.05, 0) is 38.1 Å². The Bertz CT molecular complexity index is 1000. The number of rotatable bonds is 8. The van der Waals surface area contributed by atoms with Gasteiger partial charge in [0.1, 0.15) is 5.75 Å². The highest BCUT2D eigenvalue weighted by atomic mass is 32.2. The summed E-state index contributed by atoms with van der Waals surface area (Å²) in [5, 5.41) is 16.6. The van der Waals surface area contributed by atoms with Gasteiger partial charge in [-0.3, -0.25) is 9.59 Å². The molecule has 0 saturated carbocycles. The standard InChI is InChI=1S/C19H22N6O3S2/c1-11(21-17(27)13-5-7-14(28-4)8-6-13)15-23-24-19(25(15)3)30-12(2)16(26)22-18-20-9-10-29-18/h5-12H,1-4H3,(H,21,27)(H,20,22,26)/t11-,12+/m0/s1. The molecule has 3 rings (SSSR count). The highest BCUT2D eigenvalue weighted by molar-refractivity contribution is 8.00. The van der Waals surface area contributed by atoms with E-state index in [0.717, 1.165) is 0 Å². The van der Waals surface area contributed by atoms with Gasteiger partial charge in [0.2, 0.25) is 5.91 Å². The van der Waals surface area contributed by atoms with Crippen molar-refractivity contribution in [1.82, 2.24) is 25.1 Å². The van der Waals surface area contributed by atoms with Crippen LogP contribution in [0.2, 0.25) is 0 Å². The van der Waals surface area contributed by atoms with Crippen LogP contribution >= 0.6 is 23.1 Å². The molecule has 0 aliphatic carbocycles. The summed E-state index contributed by atoms with van der Waals surface area (Å²) in [6.45, 7) is 3.62. The van der Waals surface area contributed by atoms with Gasteiger partial charge < -0.3 is 19.9 Å². The predicted molar refractivity (Wildman–Crippen MR) is 116 cm³/mol. The molecule has 0 fully saturated rings. The Morgan fingerprint density at radius 3 is 2.57 bits per heavy atom. The Morgan fingerprint density at radius 2 is 1.93 bits per heavy atom. The molecule has 158 valence electrons. The summed E-state index contributed by atoms with van der Waals surface area (Å²) in [4.78, 5) is 28.9. The lowest BCUT2D eigenvalue weighted by atomic mass is 10.2. The van der Waals surface area contributed by atoms with E-state index in [1.807, 2.05) is 6.92 Å². The van der Waals surface area contributed by atoms with Crippen molar-refractivity contribution in [3.05, 3.63) is 47.2 Å². The number of thioether (sulfide) groups is 1. The largest absolute Gasteiger partial charge is 0.497 e. The van der Waals surface area contributed by atoms with E-state index < -0.39 is 5.25 Å². The third kappa shape index (κ3) is 5.16. The summed E-state index contributed by atoms with van der Waals surface area (Å²) in [7, 11) is 3.38. The number of aromatic nitrogens is 4. The Kier molecular flexibility index (Phi) is 7.06. The molecule has 0 aliphatic heterocycles. The van der Waals surface area contributed by atoms with E-state index in [2.05, 4.69) is 25.8 Å². The van der Waals surface area contributed by atoms with Crippen molar-refractivity contribution in [3.63, 3.8) is 0 Å². The first-order chi connectivity index (χ1) is 14.4. The molecule has 30 heavy (non-hydrogen) atoms. The van der Waals surface area contributed by atoms with Crippen molar-refractivity contribution in [1.29, 1.82) is 0 Å². The van der Waals surface area contributed by atoms with Crippen LogP contribution in [0.1, 0.15) is 36.1 Å². The second kappa shape index (κ2) is 9.72. The highest BCUT2D eigenvalue weighted by Gasteiger charge is 2.22. The summed E-state index contributed by atoms with van der Waals surface area (Å²) < 4.78 is 6.88. The number of hydrogen-bond donors (Lipinski definition) is 2. The average molecular weight is 447 g/mol. The van der Waals surface area contributed by atoms with Crippen LogP contribution in [0.3, 0.4) is 0 Å². The lowest BCUT2D eigenvalue weighted by Crippen LogP contribution is -2.28. The fourth-order valence-electron chi connectivity index (χ4n) is 2.60. The number of ether oxygens (including phenoxy) is 1. The molecule has 3 aromatic rings. The zero-order valence-electron chi connectivity index (χ0n) is 16.9. The molecule has 2 heterocycles. The zero-order chi connectivity index (χ0) is 21.7. The number of hydrogen-bond acceptors (Lipinski definition) is 8. The molecule has 0 aliphatic rings. The van der Waals surface area contributed by atoms with E-state index in [1.165, 1.54) is 23.1 Å². The Hall–Kier alpha value is -2.92. The van der Waals surface area contributed by atoms with Crippen LogP contribution in [0, 0.1) is 0 Å². The summed E-state index contributed by atoms with van der Waals surface area (Å²) in [5.74, 6) is 0.883. The van der Waals surface area contributed by atoms with Crippen molar-refractivity contribution in [2.24, 2.45) is 7.05 Å². The van der Waals surface area contributed by atoms with Crippen molar-refractivity contribution in [3.8, 4) is 5.75 Å². The molecule has 2 N–H and O–H groups in total. The second-order valence-corrected chi connectivity index (χ2v) is 8.61. The van der Waals surface area contributed by atoms with Crippen LogP contribution in [-0.2, 0) is 11.8 Å². The van der Waals surface area contributed by atoms with Crippen molar-refractivity contribution < 1.29 is 14.3 Å². The molecular weight excluding hydrogens is 424 g/mol. The van der Waals surface area contributed by atoms with Gasteiger partial charge in [0.25, 0.3) is 5.91 Å². The maximum Gasteiger partial charge on any atom is 0.251 e. The van der Waals surface area contributed by atoms with E-state index in [9.17, 15) is 9.59 Å². The zero-order valence-corrected chi connectivity index (χ0v) is 18.6. The fourth-order valence-corrected chi connectivity index (χ4v) is 3.95. The monoisotopic (exact) mass is 446 g/mol. The van der Waals surface area contributed by atoms with Crippen molar-refractivity contribution >= 4 is 40.0 Å². The molecule has 2 aromatic heterocycles. The molecule has 11 heteroatoms. The first-order valence-electron chi connectivity index (χ1n) is 9.10. The Balaban J connectivity index is 1.61. The van der Waals surface area contributed by atoms with Gasteiger partial charge in [-0.15, -0.1) is 21.5 Å². The number of methoxy groups -OCH3 is 1. The maximum absolute atomic E-state index is 12.5. The topological polar surface area (TPSA) is 111 Å². The predicted octanol–water partition coefficient (Wildman–Crippen LogP) is 2.89. The van der Waals surface area contributed by atoms with Crippen LogP contribution in [-0.4, -0.2) is 43.9 Å². The normalized spacial score (nSPS) is 12.8. The quantitative estimate of drug-likeness (QED) is 0.512. The molecule has 0 radical (unpaired) electrons. The van der Waals surface area contributed by atoms with E-state index >= 15 is 0 Å².